The van der Waals surface area contributed by atoms with Gasteiger partial charge in [0.15, 0.2) is 0 Å². The maximum Gasteiger partial charge on any atom is 1.00 e. The number of nitrogens with zero attached hydrogens (tertiary/aromatic N) is 6. The van der Waals surface area contributed by atoms with Crippen LogP contribution in [-0.2, 0) is 18.9 Å². The van der Waals surface area contributed by atoms with Gasteiger partial charge in [-0.3, -0.25) is 4.39 Å². The minimum atomic E-state index is -1.00. The molecule has 424 valence electrons. The molecule has 8 fully saturated rings. The third-order valence-corrected chi connectivity index (χ3v) is 16.1. The van der Waals surface area contributed by atoms with Gasteiger partial charge in [-0.1, -0.05) is 6.92 Å². The van der Waals surface area contributed by atoms with Crippen molar-refractivity contribution in [2.45, 2.75) is 227 Å². The summed E-state index contributed by atoms with van der Waals surface area (Å²) in [5.41, 5.74) is 5.80. The molecule has 0 radical (unpaired) electrons. The molecule has 16 nitrogen and oxygen atoms in total. The summed E-state index contributed by atoms with van der Waals surface area (Å²) >= 11 is 0. The summed E-state index contributed by atoms with van der Waals surface area (Å²) in [4.78, 5) is 58.5. The van der Waals surface area contributed by atoms with Crippen LogP contribution in [0, 0.1) is 51.9 Å². The smallest absolute Gasteiger partial charge is 0.512 e. The van der Waals surface area contributed by atoms with Crippen molar-refractivity contribution in [1.82, 2.24) is 19.6 Å². The number of alkyl halides is 1. The predicted molar refractivity (Wildman–Crippen MR) is 285 cm³/mol. The van der Waals surface area contributed by atoms with Crippen LogP contribution in [-0.4, -0.2) is 150 Å². The minimum Gasteiger partial charge on any atom is -0.512 e. The van der Waals surface area contributed by atoms with E-state index in [0.717, 1.165) is 148 Å². The van der Waals surface area contributed by atoms with Crippen molar-refractivity contribution in [1.29, 1.82) is 5.26 Å². The molecule has 18 heteroatoms. The van der Waals surface area contributed by atoms with Crippen molar-refractivity contribution in [2.75, 3.05) is 66.1 Å². The first-order valence-electron chi connectivity index (χ1n) is 28.1. The molecule has 75 heavy (non-hydrogen) atoms. The number of carbonyl (C=O) groups excluding carboxylic acids is 4. The van der Waals surface area contributed by atoms with Crippen molar-refractivity contribution in [2.24, 2.45) is 39.2 Å². The Bertz CT molecular complexity index is 1800. The Labute approximate surface area is 475 Å². The van der Waals surface area contributed by atoms with Gasteiger partial charge in [-0.25, -0.2) is 25.8 Å². The van der Waals surface area contributed by atoms with E-state index in [2.05, 4.69) is 11.8 Å². The van der Waals surface area contributed by atoms with E-state index >= 15 is 0 Å². The number of hydrogen-bond acceptors (Lipinski definition) is 11. The van der Waals surface area contributed by atoms with Crippen LogP contribution in [0.4, 0.5) is 23.6 Å². The van der Waals surface area contributed by atoms with Crippen molar-refractivity contribution < 1.29 is 78.6 Å². The molecule has 0 aromatic rings. The van der Waals surface area contributed by atoms with Crippen molar-refractivity contribution >= 4 is 24.4 Å². The third-order valence-electron chi connectivity index (χ3n) is 16.1. The van der Waals surface area contributed by atoms with Gasteiger partial charge in [0.2, 0.25) is 6.04 Å². The van der Waals surface area contributed by atoms with Crippen LogP contribution < -0.4 is 35.3 Å². The molecule has 0 aromatic carbocycles. The zero-order chi connectivity index (χ0) is 56.8. The zero-order valence-corrected chi connectivity index (χ0v) is 51.0. The summed E-state index contributed by atoms with van der Waals surface area (Å²) in [6, 6.07) is 0.234. The number of aliphatic hydroxyl groups is 1. The Morgan fingerprint density at radius 3 is 0.987 bits per heavy atom. The summed E-state index contributed by atoms with van der Waals surface area (Å²) in [5, 5.41) is 15.6. The zero-order valence-electron chi connectivity index (χ0n) is 50.0. The van der Waals surface area contributed by atoms with Gasteiger partial charge in [0.05, 0.1) is 14.6 Å². The average molecular weight is 1070 g/mol. The fourth-order valence-electron chi connectivity index (χ4n) is 12.3. The molecule has 4 amide bonds. The Kier molecular flexibility index (Phi) is 24.9. The molecule has 0 unspecified atom stereocenters. The number of piperidine rings is 4. The first-order chi connectivity index (χ1) is 34.7. The summed E-state index contributed by atoms with van der Waals surface area (Å²) in [6.45, 7) is 44.2. The Morgan fingerprint density at radius 2 is 0.787 bits per heavy atom. The topological polar surface area (TPSA) is 193 Å². The largest absolute Gasteiger partial charge is 1.00 e. The number of aliphatic hydroxyl groups excluding tert-OH is 1. The van der Waals surface area contributed by atoms with Crippen LogP contribution in [0.1, 0.15) is 194 Å². The number of likely N-dealkylation sites (tertiary alicyclic amines) is 4. The normalized spacial score (nSPS) is 24.2. The summed E-state index contributed by atoms with van der Waals surface area (Å²) in [5.74, 6) is 1.61. The van der Waals surface area contributed by atoms with Crippen molar-refractivity contribution in [3.63, 3.8) is 0 Å². The SMILES string of the molecule is CC(C)(C)OC(=O)N1CCC2(CC1)CC(CN)C2.CC(C)(C)OC(=O)N1CCC2(CC1)CC(O)C2.CC1CC2(CCN(C(=O)OC(C)(C)C)CC2)C1.[2H]CF.[C-]#N.[C-]#[N+]C1CC2(CCN(C(=O)OC(C)(C)C)CC2)C1.[Na+]. The van der Waals surface area contributed by atoms with Crippen LogP contribution in [0.3, 0.4) is 0 Å². The number of hydrogen-bond donors (Lipinski definition) is 2. The Morgan fingerprint density at radius 1 is 0.560 bits per heavy atom. The maximum atomic E-state index is 11.9. The number of amides is 4. The van der Waals surface area contributed by atoms with Crippen LogP contribution in [0.15, 0.2) is 0 Å². The molecule has 4 saturated heterocycles. The molecular formula is C57H99FN7NaO9. The van der Waals surface area contributed by atoms with Gasteiger partial charge in [0.1, 0.15) is 22.4 Å². The van der Waals surface area contributed by atoms with Crippen molar-refractivity contribution in [3.05, 3.63) is 18.0 Å². The van der Waals surface area contributed by atoms with E-state index < -0.39 is 24.0 Å². The maximum absolute atomic E-state index is 11.9. The molecule has 4 heterocycles. The second-order valence-electron chi connectivity index (χ2n) is 27.1. The molecule has 8 rings (SSSR count). The molecule has 4 aliphatic heterocycles. The summed E-state index contributed by atoms with van der Waals surface area (Å²) in [6.07, 6.45) is 16.9. The molecule has 4 aliphatic carbocycles. The number of halogens is 1. The van der Waals surface area contributed by atoms with E-state index in [4.69, 9.17) is 44.5 Å². The fourth-order valence-corrected chi connectivity index (χ4v) is 12.3. The second-order valence-corrected chi connectivity index (χ2v) is 27.1. The second kappa shape index (κ2) is 28.2. The number of rotatable bonds is 1. The first-order valence-corrected chi connectivity index (χ1v) is 27.4. The molecule has 3 N–H and O–H groups in total. The van der Waals surface area contributed by atoms with E-state index in [-0.39, 0.29) is 71.7 Å². The third kappa shape index (κ3) is 21.6. The number of nitrogens with two attached hydrogens (primary N) is 1. The fraction of sp³-hybridized carbons (Fsp3) is 0.895. The molecule has 4 saturated carbocycles. The molecule has 0 bridgehead atoms. The van der Waals surface area contributed by atoms with E-state index in [1.807, 2.05) is 97.8 Å². The molecular weight excluding hydrogens is 969 g/mol. The molecule has 0 aromatic heterocycles. The monoisotopic (exact) mass is 1070 g/mol. The number of ether oxygens (including phenoxy) is 4. The van der Waals surface area contributed by atoms with Gasteiger partial charge in [0, 0.05) is 65.2 Å². The van der Waals surface area contributed by atoms with Crippen LogP contribution in [0.5, 0.6) is 0 Å². The minimum absolute atomic E-state index is 0. The standard InChI is InChI=1S/C14H22N2O2.C14H26N2O2.C14H25NO2.C13H23NO3.CH3F.CN.Na/c1-13(2,3)18-12(17)16-7-5-14(6-8-16)9-11(10-14)15-4;1-13(2,3)18-12(17)16-6-4-14(5-7-16)8-11(9-14)10-15;1-11-9-14(10-11)5-7-15(8-6-14)12(16)17-13(2,3)4;1-12(2,3)17-11(16)14-6-4-13(5-7-14)8-10(15)9-13;2*1-2;/h11H,5-10H2,1-3H3;11H,4-10,15H2,1-3H3;11H,5-10H2,1-4H3;10,15H,4-9H2,1-3H3;1H3;;/q;;;;;-1;+1/i;;;;1D;;. The summed E-state index contributed by atoms with van der Waals surface area (Å²) < 4.78 is 37.0. The van der Waals surface area contributed by atoms with Gasteiger partial charge in [-0.05, 0) is 213 Å². The van der Waals surface area contributed by atoms with Gasteiger partial charge in [-0.2, -0.15) is 0 Å². The van der Waals surface area contributed by atoms with E-state index in [0.29, 0.717) is 21.7 Å². The summed E-state index contributed by atoms with van der Waals surface area (Å²) in [7, 11) is -1.00. The van der Waals surface area contributed by atoms with E-state index in [1.54, 1.807) is 4.90 Å². The van der Waals surface area contributed by atoms with Gasteiger partial charge in [0.25, 0.3) is 0 Å². The Balaban J connectivity index is 0.000000335. The molecule has 4 spiro atoms. The van der Waals surface area contributed by atoms with Crippen LogP contribution in [0.2, 0.25) is 0 Å². The first kappa shape index (κ1) is 66.2. The predicted octanol–water partition coefficient (Wildman–Crippen LogP) is 8.74. The van der Waals surface area contributed by atoms with E-state index in [1.165, 1.54) is 25.7 Å². The van der Waals surface area contributed by atoms with Crippen LogP contribution >= 0.6 is 0 Å². The quantitative estimate of drug-likeness (QED) is 0.145. The van der Waals surface area contributed by atoms with E-state index in [9.17, 15) is 28.7 Å². The van der Waals surface area contributed by atoms with Gasteiger partial charge < -0.3 is 66.1 Å². The average Bonchev–Trinajstić information content (AvgIpc) is 3.26. The number of carbonyl (C=O) groups is 4. The Hall–Kier alpha value is -3.09. The molecule has 8 aliphatic rings. The van der Waals surface area contributed by atoms with Crippen LogP contribution in [0.25, 0.3) is 4.85 Å². The van der Waals surface area contributed by atoms with Crippen molar-refractivity contribution in [3.8, 4) is 0 Å². The van der Waals surface area contributed by atoms with Gasteiger partial charge >= 0.3 is 53.9 Å². The van der Waals surface area contributed by atoms with Gasteiger partial charge in [-0.15, -0.1) is 0 Å². The molecule has 0 atom stereocenters.